The number of fused-ring (bicyclic) bond motifs is 1. The number of carbonyl (C=O) groups excluding carboxylic acids is 1. The first kappa shape index (κ1) is 13.6. The van der Waals surface area contributed by atoms with E-state index in [0.717, 1.165) is 0 Å². The van der Waals surface area contributed by atoms with Gasteiger partial charge in [-0.25, -0.2) is 4.52 Å². The molecule has 2 aromatic heterocycles. The molecule has 0 aromatic carbocycles. The number of ether oxygens (including phenoxy) is 1. The van der Waals surface area contributed by atoms with E-state index in [-0.39, 0.29) is 19.1 Å². The number of pyridine rings is 1. The van der Waals surface area contributed by atoms with Gasteiger partial charge in [-0.15, -0.1) is 0 Å². The molecule has 1 saturated heterocycles. The van der Waals surface area contributed by atoms with Gasteiger partial charge in [-0.05, 0) is 19.1 Å². The largest absolute Gasteiger partial charge is 0.481 e. The van der Waals surface area contributed by atoms with Crippen molar-refractivity contribution in [2.45, 2.75) is 13.0 Å². The Morgan fingerprint density at radius 1 is 1.52 bits per heavy atom. The van der Waals surface area contributed by atoms with Crippen molar-refractivity contribution in [3.8, 4) is 0 Å². The van der Waals surface area contributed by atoms with Crippen molar-refractivity contribution < 1.29 is 19.4 Å². The number of aliphatic carboxylic acids is 1. The fourth-order valence-corrected chi connectivity index (χ4v) is 2.43. The van der Waals surface area contributed by atoms with Crippen LogP contribution in [0.3, 0.4) is 0 Å². The third-order valence-electron chi connectivity index (χ3n) is 3.92. The van der Waals surface area contributed by atoms with Crippen LogP contribution in [-0.4, -0.2) is 45.9 Å². The maximum atomic E-state index is 12.4. The molecule has 2 N–H and O–H groups in total. The van der Waals surface area contributed by atoms with Crippen molar-refractivity contribution in [3.63, 3.8) is 0 Å². The summed E-state index contributed by atoms with van der Waals surface area (Å²) in [6.07, 6.45) is 3.21. The number of amides is 1. The lowest BCUT2D eigenvalue weighted by Gasteiger charge is -2.25. The third-order valence-corrected chi connectivity index (χ3v) is 3.92. The fourth-order valence-electron chi connectivity index (χ4n) is 2.43. The predicted molar refractivity (Wildman–Crippen MR) is 73.0 cm³/mol. The minimum absolute atomic E-state index is 0.0854. The van der Waals surface area contributed by atoms with Crippen LogP contribution < -0.4 is 5.32 Å². The Morgan fingerprint density at radius 3 is 3.10 bits per heavy atom. The highest BCUT2D eigenvalue weighted by molar-refractivity contribution is 6.01. The molecular weight excluding hydrogens is 274 g/mol. The van der Waals surface area contributed by atoms with Gasteiger partial charge in [0.15, 0.2) is 0 Å². The molecule has 110 valence electrons. The molecule has 1 amide bonds. The number of hydrogen-bond acceptors (Lipinski definition) is 4. The zero-order chi connectivity index (χ0) is 15.0. The van der Waals surface area contributed by atoms with Crippen molar-refractivity contribution in [3.05, 3.63) is 36.2 Å². The van der Waals surface area contributed by atoms with Gasteiger partial charge in [-0.2, -0.15) is 5.10 Å². The first-order chi connectivity index (χ1) is 10.0. The first-order valence-corrected chi connectivity index (χ1v) is 6.57. The zero-order valence-corrected chi connectivity index (χ0v) is 11.4. The molecule has 21 heavy (non-hydrogen) atoms. The molecule has 2 aromatic rings. The van der Waals surface area contributed by atoms with E-state index in [1.165, 1.54) is 6.20 Å². The number of aromatic nitrogens is 2. The number of nitrogens with zero attached hydrogens (tertiary/aromatic N) is 2. The lowest BCUT2D eigenvalue weighted by Crippen LogP contribution is -2.49. The lowest BCUT2D eigenvalue weighted by molar-refractivity contribution is -0.148. The number of nitrogens with one attached hydrogen (secondary N) is 1. The van der Waals surface area contributed by atoms with Crippen molar-refractivity contribution >= 4 is 17.4 Å². The summed E-state index contributed by atoms with van der Waals surface area (Å²) in [5.74, 6) is -1.33. The van der Waals surface area contributed by atoms with Crippen LogP contribution in [0.4, 0.5) is 0 Å². The van der Waals surface area contributed by atoms with Crippen molar-refractivity contribution in [1.82, 2.24) is 14.9 Å². The molecule has 0 radical (unpaired) electrons. The van der Waals surface area contributed by atoms with Crippen LogP contribution >= 0.6 is 0 Å². The van der Waals surface area contributed by atoms with Crippen molar-refractivity contribution in [2.24, 2.45) is 5.41 Å². The third kappa shape index (κ3) is 2.15. The Hall–Kier alpha value is -2.41. The molecule has 1 aliphatic heterocycles. The Morgan fingerprint density at radius 2 is 2.33 bits per heavy atom. The van der Waals surface area contributed by atoms with E-state index in [9.17, 15) is 14.7 Å². The molecule has 1 aliphatic rings. The van der Waals surface area contributed by atoms with Gasteiger partial charge in [0.25, 0.3) is 5.91 Å². The van der Waals surface area contributed by atoms with Gasteiger partial charge in [0, 0.05) is 6.20 Å². The molecule has 0 bridgehead atoms. The smallest absolute Gasteiger partial charge is 0.313 e. The van der Waals surface area contributed by atoms with Gasteiger partial charge in [-0.1, -0.05) is 6.07 Å². The molecule has 0 aliphatic carbocycles. The van der Waals surface area contributed by atoms with Gasteiger partial charge < -0.3 is 15.2 Å². The Bertz CT molecular complexity index is 711. The predicted octanol–water partition coefficient (Wildman–Crippen LogP) is 0.554. The lowest BCUT2D eigenvalue weighted by atomic mass is 9.85. The number of carbonyl (C=O) groups is 2. The van der Waals surface area contributed by atoms with Crippen LogP contribution in [0.25, 0.3) is 5.52 Å². The van der Waals surface area contributed by atoms with E-state index >= 15 is 0 Å². The molecule has 2 unspecified atom stereocenters. The number of carboxylic acids is 1. The molecular formula is C14H15N3O4. The topological polar surface area (TPSA) is 92.9 Å². The van der Waals surface area contributed by atoms with E-state index in [4.69, 9.17) is 4.74 Å². The quantitative estimate of drug-likeness (QED) is 0.861. The highest BCUT2D eigenvalue weighted by atomic mass is 16.5. The average Bonchev–Trinajstić information content (AvgIpc) is 3.04. The van der Waals surface area contributed by atoms with Crippen molar-refractivity contribution in [2.75, 3.05) is 13.2 Å². The van der Waals surface area contributed by atoms with Gasteiger partial charge in [0.1, 0.15) is 5.41 Å². The number of carboxylic acid groups (broad SMARTS) is 1. The van der Waals surface area contributed by atoms with Gasteiger partial charge in [-0.3, -0.25) is 9.59 Å². The second kappa shape index (κ2) is 4.85. The summed E-state index contributed by atoms with van der Waals surface area (Å²) in [5.41, 5.74) is -0.0280. The molecule has 7 heteroatoms. The van der Waals surface area contributed by atoms with E-state index in [0.29, 0.717) is 11.1 Å². The number of hydrogen-bond donors (Lipinski definition) is 2. The first-order valence-electron chi connectivity index (χ1n) is 6.57. The molecule has 3 heterocycles. The molecule has 0 spiro atoms. The van der Waals surface area contributed by atoms with Crippen LogP contribution in [0.15, 0.2) is 30.6 Å². The van der Waals surface area contributed by atoms with Crippen LogP contribution in [0.2, 0.25) is 0 Å². The summed E-state index contributed by atoms with van der Waals surface area (Å²) < 4.78 is 6.82. The Kier molecular flexibility index (Phi) is 3.13. The molecule has 2 atom stereocenters. The summed E-state index contributed by atoms with van der Waals surface area (Å²) in [6.45, 7) is 1.85. The average molecular weight is 289 g/mol. The van der Waals surface area contributed by atoms with Gasteiger partial charge in [0.05, 0.1) is 36.5 Å². The van der Waals surface area contributed by atoms with Gasteiger partial charge in [0.2, 0.25) is 0 Å². The molecule has 7 nitrogen and oxygen atoms in total. The Balaban J connectivity index is 1.85. The summed E-state index contributed by atoms with van der Waals surface area (Å²) in [6, 6.07) is 4.84. The normalized spacial score (nSPS) is 25.1. The molecule has 0 saturated carbocycles. The summed E-state index contributed by atoms with van der Waals surface area (Å²) in [5, 5.41) is 16.2. The maximum Gasteiger partial charge on any atom is 0.313 e. The Labute approximate surface area is 120 Å². The summed E-state index contributed by atoms with van der Waals surface area (Å²) >= 11 is 0. The van der Waals surface area contributed by atoms with Crippen LogP contribution in [-0.2, 0) is 9.53 Å². The van der Waals surface area contributed by atoms with Gasteiger partial charge >= 0.3 is 5.97 Å². The minimum Gasteiger partial charge on any atom is -0.481 e. The fraction of sp³-hybridized carbons (Fsp3) is 0.357. The zero-order valence-electron chi connectivity index (χ0n) is 11.4. The van der Waals surface area contributed by atoms with Crippen LogP contribution in [0.1, 0.15) is 17.3 Å². The monoisotopic (exact) mass is 289 g/mol. The second-order valence-corrected chi connectivity index (χ2v) is 5.35. The van der Waals surface area contributed by atoms with Crippen LogP contribution in [0.5, 0.6) is 0 Å². The summed E-state index contributed by atoms with van der Waals surface area (Å²) in [4.78, 5) is 23.7. The summed E-state index contributed by atoms with van der Waals surface area (Å²) in [7, 11) is 0. The van der Waals surface area contributed by atoms with E-state index in [1.807, 2.05) is 12.1 Å². The minimum atomic E-state index is -1.11. The molecule has 1 fully saturated rings. The SMILES string of the molecule is CC1(C(=O)O)COCC1NC(=O)c1cnn2ccccc12. The van der Waals surface area contributed by atoms with Crippen molar-refractivity contribution in [1.29, 1.82) is 0 Å². The second-order valence-electron chi connectivity index (χ2n) is 5.35. The standard InChI is InChI=1S/C14H15N3O4/c1-14(13(19)20)8-21-7-11(14)16-12(18)9-6-15-17-5-3-2-4-10(9)17/h2-6,11H,7-8H2,1H3,(H,16,18)(H,19,20). The maximum absolute atomic E-state index is 12.4. The van der Waals surface area contributed by atoms with E-state index in [1.54, 1.807) is 23.7 Å². The highest BCUT2D eigenvalue weighted by Gasteiger charge is 2.47. The highest BCUT2D eigenvalue weighted by Crippen LogP contribution is 2.29. The number of rotatable bonds is 3. The molecule has 3 rings (SSSR count). The van der Waals surface area contributed by atoms with E-state index < -0.39 is 17.4 Å². The van der Waals surface area contributed by atoms with Crippen LogP contribution in [0, 0.1) is 5.41 Å². The van der Waals surface area contributed by atoms with E-state index in [2.05, 4.69) is 10.4 Å².